The first-order chi connectivity index (χ1) is 37.8. The lowest BCUT2D eigenvalue weighted by Crippen LogP contribution is -2.37. The van der Waals surface area contributed by atoms with Crippen molar-refractivity contribution in [3.05, 3.63) is 162 Å². The number of aliphatic hydroxyl groups is 1. The molecule has 0 bridgehead atoms. The van der Waals surface area contributed by atoms with Crippen LogP contribution in [0.4, 0.5) is 0 Å². The fourth-order valence-corrected chi connectivity index (χ4v) is 9.43. The molecule has 428 valence electrons. The molecular formula is C57H69N3O17S2-2. The summed E-state index contributed by atoms with van der Waals surface area (Å²) >= 11 is 0. The zero-order valence-corrected chi connectivity index (χ0v) is 45.2. The smallest absolute Gasteiger partial charge is 0.262 e. The van der Waals surface area contributed by atoms with Gasteiger partial charge in [-0.1, -0.05) is 66.7 Å². The number of phenolic OH excluding ortho intramolecular Hbond substituents is 5. The molecule has 20 nitrogen and oxygen atoms in total. The highest BCUT2D eigenvalue weighted by molar-refractivity contribution is 7.81. The molecule has 3 saturated heterocycles. The van der Waals surface area contributed by atoms with E-state index < -0.39 is 20.8 Å². The molecule has 7 N–H and O–H groups in total. The van der Waals surface area contributed by atoms with Crippen LogP contribution >= 0.6 is 0 Å². The van der Waals surface area contributed by atoms with Crippen molar-refractivity contribution in [1.82, 2.24) is 15.1 Å². The van der Waals surface area contributed by atoms with Gasteiger partial charge in [0.2, 0.25) is 0 Å². The molecule has 0 amide bonds. The van der Waals surface area contributed by atoms with Gasteiger partial charge in [0.1, 0.15) is 51.7 Å². The molecule has 6 aromatic rings. The first kappa shape index (κ1) is 62.7. The summed E-state index contributed by atoms with van der Waals surface area (Å²) in [6.45, 7) is 8.17. The van der Waals surface area contributed by atoms with Gasteiger partial charge < -0.3 is 62.9 Å². The Morgan fingerprint density at radius 2 is 1.04 bits per heavy atom. The Morgan fingerprint density at radius 3 is 1.53 bits per heavy atom. The first-order valence-electron chi connectivity index (χ1n) is 25.6. The third-order valence-electron chi connectivity index (χ3n) is 12.5. The van der Waals surface area contributed by atoms with Gasteiger partial charge in [-0.2, -0.15) is 0 Å². The van der Waals surface area contributed by atoms with E-state index in [1.54, 1.807) is 72.8 Å². The monoisotopic (exact) mass is 1130 g/mol. The van der Waals surface area contributed by atoms with E-state index in [1.807, 2.05) is 24.3 Å². The number of nitrogens with one attached hydrogen (secondary N) is 1. The Kier molecular flexibility index (Phi) is 25.9. The van der Waals surface area contributed by atoms with E-state index in [-0.39, 0.29) is 40.4 Å². The summed E-state index contributed by atoms with van der Waals surface area (Å²) in [4.78, 5) is 14.5. The standard InChI is InChI=1S/C19H23NO9S2.C19H23NO3.C7H6O2.C6H13NO.C6H6O2/c21-30(22,23)28-18-8-3-7-17(11-18)27-14-15-5-4-10-20(12-15)13-16-6-1-2-9-19(16)29-31(24,25)26;21-17-7-3-8-18(11-17)23-14-15-5-4-10-20(12-15)13-16-6-1-2-9-19(16)22;8-5-6-3-1-2-4-7(6)9;8-5-6-2-1-3-7-4-6;7-5-2-1-3-6(8)4-5/h1-3,6-9,11,15H,4-5,10,12-14H2,(H,21,22,23)(H,24,25,26);1-3,6-9,11,15,21-22H,4-5,10,12-14H2;1-5,9H;6-8H,1-5H2;1-4,7-8H/p-2. The Balaban J connectivity index is 0.000000206. The molecule has 0 aromatic heterocycles. The summed E-state index contributed by atoms with van der Waals surface area (Å²) in [6, 6.07) is 39.0. The summed E-state index contributed by atoms with van der Waals surface area (Å²) in [5.74, 6) is 2.95. The van der Waals surface area contributed by atoms with Crippen molar-refractivity contribution in [3.8, 4) is 51.7 Å². The summed E-state index contributed by atoms with van der Waals surface area (Å²) < 4.78 is 85.4. The van der Waals surface area contributed by atoms with Crippen molar-refractivity contribution < 1.29 is 79.2 Å². The maximum absolute atomic E-state index is 11.0. The molecule has 22 heteroatoms. The number of carbonyl (C=O) groups is 1. The highest BCUT2D eigenvalue weighted by Gasteiger charge is 2.23. The number of aldehydes is 1. The molecular weight excluding hydrogens is 1060 g/mol. The van der Waals surface area contributed by atoms with Gasteiger partial charge in [-0.15, -0.1) is 0 Å². The predicted molar refractivity (Wildman–Crippen MR) is 293 cm³/mol. The number of para-hydroxylation sites is 3. The molecule has 0 saturated carbocycles. The fraction of sp³-hybridized carbons (Fsp3) is 0.351. The second-order valence-electron chi connectivity index (χ2n) is 18.9. The minimum absolute atomic E-state index is 0.0148. The zero-order chi connectivity index (χ0) is 57.0. The van der Waals surface area contributed by atoms with Gasteiger partial charge in [0, 0.05) is 80.5 Å². The van der Waals surface area contributed by atoms with E-state index in [0.717, 1.165) is 70.5 Å². The topological polar surface area (TPSA) is 308 Å². The quantitative estimate of drug-likeness (QED) is 0.0283. The number of nitrogens with zero attached hydrogens (tertiary/aromatic N) is 2. The van der Waals surface area contributed by atoms with Crippen LogP contribution in [0.25, 0.3) is 0 Å². The maximum atomic E-state index is 11.0. The minimum atomic E-state index is -4.86. The molecule has 3 aliphatic rings. The molecule has 0 spiro atoms. The van der Waals surface area contributed by atoms with Crippen molar-refractivity contribution in [1.29, 1.82) is 0 Å². The van der Waals surface area contributed by atoms with Crippen LogP contribution in [0.1, 0.15) is 60.0 Å². The molecule has 3 atom stereocenters. The minimum Gasteiger partial charge on any atom is -0.716 e. The summed E-state index contributed by atoms with van der Waals surface area (Å²) in [5, 5.41) is 57.4. The number of benzene rings is 6. The van der Waals surface area contributed by atoms with Crippen LogP contribution < -0.4 is 23.2 Å². The summed E-state index contributed by atoms with van der Waals surface area (Å²) in [5.41, 5.74) is 1.90. The molecule has 9 rings (SSSR count). The van der Waals surface area contributed by atoms with Crippen molar-refractivity contribution in [3.63, 3.8) is 0 Å². The number of phenols is 5. The van der Waals surface area contributed by atoms with Crippen LogP contribution in [-0.2, 0) is 33.9 Å². The van der Waals surface area contributed by atoms with E-state index in [4.69, 9.17) is 29.9 Å². The third-order valence-corrected chi connectivity index (χ3v) is 13.3. The van der Waals surface area contributed by atoms with Crippen molar-refractivity contribution >= 4 is 27.1 Å². The molecule has 3 heterocycles. The van der Waals surface area contributed by atoms with E-state index in [0.29, 0.717) is 79.4 Å². The lowest BCUT2D eigenvalue weighted by Gasteiger charge is -2.33. The van der Waals surface area contributed by atoms with Gasteiger partial charge in [0.15, 0.2) is 6.29 Å². The number of aromatic hydroxyl groups is 5. The Morgan fingerprint density at radius 1 is 0.544 bits per heavy atom. The lowest BCUT2D eigenvalue weighted by atomic mass is 9.98. The third kappa shape index (κ3) is 25.0. The van der Waals surface area contributed by atoms with Crippen LogP contribution in [0.15, 0.2) is 146 Å². The number of aliphatic hydroxyl groups excluding tert-OH is 1. The Bertz CT molecular complexity index is 2980. The molecule has 6 aromatic carbocycles. The van der Waals surface area contributed by atoms with E-state index in [2.05, 4.69) is 23.5 Å². The average Bonchev–Trinajstić information content (AvgIpc) is 3.42. The summed E-state index contributed by atoms with van der Waals surface area (Å²) in [6.07, 6.45) is 7.14. The molecule has 79 heavy (non-hydrogen) atoms. The second-order valence-corrected chi connectivity index (χ2v) is 20.9. The first-order valence-corrected chi connectivity index (χ1v) is 28.3. The van der Waals surface area contributed by atoms with E-state index in [9.17, 15) is 40.9 Å². The number of rotatable bonds is 16. The molecule has 3 aliphatic heterocycles. The normalized spacial score (nSPS) is 17.4. The average molecular weight is 1130 g/mol. The molecule has 3 fully saturated rings. The Hall–Kier alpha value is -7.15. The van der Waals surface area contributed by atoms with Crippen LogP contribution in [0.3, 0.4) is 0 Å². The van der Waals surface area contributed by atoms with E-state index in [1.165, 1.54) is 61.4 Å². The molecule has 3 unspecified atom stereocenters. The number of hydrogen-bond acceptors (Lipinski definition) is 20. The number of likely N-dealkylation sites (tertiary alicyclic amines) is 2. The van der Waals surface area contributed by atoms with Gasteiger partial charge in [0.25, 0.3) is 20.8 Å². The largest absolute Gasteiger partial charge is 0.716 e. The number of carbonyl (C=O) groups excluding carboxylic acids is 1. The second kappa shape index (κ2) is 32.7. The highest BCUT2D eigenvalue weighted by Crippen LogP contribution is 2.28. The molecule has 0 aliphatic carbocycles. The predicted octanol–water partition coefficient (Wildman–Crippen LogP) is 7.33. The lowest BCUT2D eigenvalue weighted by molar-refractivity contribution is 0.112. The van der Waals surface area contributed by atoms with Gasteiger partial charge in [-0.05, 0) is 125 Å². The van der Waals surface area contributed by atoms with Crippen LogP contribution in [0.2, 0.25) is 0 Å². The van der Waals surface area contributed by atoms with E-state index >= 15 is 0 Å². The van der Waals surface area contributed by atoms with Crippen LogP contribution in [-0.4, -0.2) is 132 Å². The van der Waals surface area contributed by atoms with Crippen LogP contribution in [0, 0.1) is 17.8 Å². The van der Waals surface area contributed by atoms with Gasteiger partial charge >= 0.3 is 0 Å². The van der Waals surface area contributed by atoms with Crippen molar-refractivity contribution in [2.45, 2.75) is 51.6 Å². The van der Waals surface area contributed by atoms with Crippen molar-refractivity contribution in [2.24, 2.45) is 17.8 Å². The SMILES string of the molecule is O=Cc1ccccc1O.O=S(=O)([O-])Oc1cccc(OCC2CCCN(Cc3ccccc3OS(=O)(=O)[O-])C2)c1.OCC1CCCNC1.Oc1cccc(O)c1.Oc1cccc(OCC2CCCN(Cc3ccccc3O)C2)c1. The van der Waals surface area contributed by atoms with Crippen molar-refractivity contribution in [2.75, 3.05) is 59.1 Å². The maximum Gasteiger partial charge on any atom is 0.262 e. The zero-order valence-electron chi connectivity index (χ0n) is 43.6. The van der Waals surface area contributed by atoms with Gasteiger partial charge in [-0.25, -0.2) is 16.8 Å². The molecule has 0 radical (unpaired) electrons. The van der Waals surface area contributed by atoms with Gasteiger partial charge in [0.05, 0.1) is 18.8 Å². The Labute approximate surface area is 462 Å². The number of ether oxygens (including phenoxy) is 2. The van der Waals surface area contributed by atoms with Gasteiger partial charge in [-0.3, -0.25) is 14.6 Å². The highest BCUT2D eigenvalue weighted by atomic mass is 32.3. The summed E-state index contributed by atoms with van der Waals surface area (Å²) in [7, 11) is -9.72. The number of piperidine rings is 3. The van der Waals surface area contributed by atoms with Crippen LogP contribution in [0.5, 0.6) is 51.7 Å². The fourth-order valence-electron chi connectivity index (χ4n) is 8.71. The number of hydrogen-bond donors (Lipinski definition) is 7.